The van der Waals surface area contributed by atoms with Crippen molar-refractivity contribution < 1.29 is 4.79 Å². The number of nitrogen functional groups attached to an aromatic ring is 1. The van der Waals surface area contributed by atoms with E-state index in [1.165, 1.54) is 0 Å². The smallest absolute Gasteiger partial charge is 0.252 e. The van der Waals surface area contributed by atoms with E-state index >= 15 is 0 Å². The second-order valence-corrected chi connectivity index (χ2v) is 5.95. The minimum Gasteiger partial charge on any atom is -0.399 e. The summed E-state index contributed by atoms with van der Waals surface area (Å²) in [6.07, 6.45) is 2.53. The average molecular weight is 362 g/mol. The lowest BCUT2D eigenvalue weighted by molar-refractivity contribution is 0.0901. The Morgan fingerprint density at radius 1 is 1.41 bits per heavy atom. The van der Waals surface area contributed by atoms with Gasteiger partial charge in [-0.1, -0.05) is 13.0 Å². The fourth-order valence-corrected chi connectivity index (χ4v) is 2.82. The molecule has 0 aliphatic rings. The molecule has 2 rings (SSSR count). The number of thiazole rings is 1. The predicted molar refractivity (Wildman–Crippen MR) is 97.3 cm³/mol. The van der Waals surface area contributed by atoms with E-state index in [0.717, 1.165) is 17.0 Å². The molecule has 1 aromatic heterocycles. The molecule has 3 N–H and O–H groups in total. The topological polar surface area (TPSA) is 68.0 Å². The summed E-state index contributed by atoms with van der Waals surface area (Å²) in [6.45, 7) is 5.93. The van der Waals surface area contributed by atoms with Crippen LogP contribution in [0, 0.1) is 6.92 Å². The SMILES string of the molecule is CCC(C)(NC(=O)c1cc(N)ccc1C)c1nccs1.Cl.Cl. The van der Waals surface area contributed by atoms with Crippen molar-refractivity contribution in [1.29, 1.82) is 0 Å². The summed E-state index contributed by atoms with van der Waals surface area (Å²) in [7, 11) is 0. The van der Waals surface area contributed by atoms with Gasteiger partial charge in [-0.3, -0.25) is 4.79 Å². The standard InChI is InChI=1S/C15H19N3OS.2ClH/c1-4-15(3,14-17-7-8-20-14)18-13(19)12-9-11(16)6-5-10(12)2;;/h5-9H,4,16H2,1-3H3,(H,18,19);2*1H. The van der Waals surface area contributed by atoms with E-state index in [-0.39, 0.29) is 30.7 Å². The zero-order chi connectivity index (χ0) is 14.8. The number of nitrogens with one attached hydrogen (secondary N) is 1. The number of hydrogen-bond acceptors (Lipinski definition) is 4. The first kappa shape index (κ1) is 20.7. The third-order valence-electron chi connectivity index (χ3n) is 3.51. The molecule has 22 heavy (non-hydrogen) atoms. The Morgan fingerprint density at radius 2 is 2.09 bits per heavy atom. The largest absolute Gasteiger partial charge is 0.399 e. The molecule has 1 heterocycles. The Bertz CT molecular complexity index is 619. The number of benzene rings is 1. The number of aryl methyl sites for hydroxylation is 1. The van der Waals surface area contributed by atoms with Crippen molar-refractivity contribution in [2.24, 2.45) is 0 Å². The molecule has 0 saturated carbocycles. The van der Waals surface area contributed by atoms with Crippen LogP contribution in [-0.4, -0.2) is 10.9 Å². The van der Waals surface area contributed by atoms with Gasteiger partial charge in [0.05, 0.1) is 5.54 Å². The molecule has 0 aliphatic heterocycles. The summed E-state index contributed by atoms with van der Waals surface area (Å²) in [4.78, 5) is 16.8. The van der Waals surface area contributed by atoms with E-state index in [0.29, 0.717) is 11.3 Å². The molecule has 2 aromatic rings. The van der Waals surface area contributed by atoms with E-state index in [1.807, 2.05) is 32.2 Å². The number of carbonyl (C=O) groups excluding carboxylic acids is 1. The molecule has 0 radical (unpaired) electrons. The van der Waals surface area contributed by atoms with Gasteiger partial charge >= 0.3 is 0 Å². The monoisotopic (exact) mass is 361 g/mol. The Labute approximate surface area is 147 Å². The molecule has 1 atom stereocenters. The van der Waals surface area contributed by atoms with E-state index in [4.69, 9.17) is 5.73 Å². The van der Waals surface area contributed by atoms with Crippen LogP contribution in [0.5, 0.6) is 0 Å². The first-order chi connectivity index (χ1) is 9.46. The fraction of sp³-hybridized carbons (Fsp3) is 0.333. The highest BCUT2D eigenvalue weighted by Gasteiger charge is 2.29. The van der Waals surface area contributed by atoms with Crippen molar-refractivity contribution in [3.05, 3.63) is 45.9 Å². The Hall–Kier alpha value is -1.30. The lowest BCUT2D eigenvalue weighted by Gasteiger charge is -2.27. The molecule has 0 saturated heterocycles. The molecule has 1 aromatic carbocycles. The summed E-state index contributed by atoms with van der Waals surface area (Å²) < 4.78 is 0. The van der Waals surface area contributed by atoms with Gasteiger partial charge in [0, 0.05) is 22.8 Å². The van der Waals surface area contributed by atoms with E-state index < -0.39 is 5.54 Å². The minimum atomic E-state index is -0.456. The van der Waals surface area contributed by atoms with E-state index in [2.05, 4.69) is 10.3 Å². The molecule has 0 fully saturated rings. The van der Waals surface area contributed by atoms with Crippen molar-refractivity contribution in [3.63, 3.8) is 0 Å². The zero-order valence-electron chi connectivity index (χ0n) is 12.8. The van der Waals surface area contributed by atoms with Crippen LogP contribution in [0.1, 0.15) is 41.2 Å². The van der Waals surface area contributed by atoms with Gasteiger partial charge in [-0.05, 0) is 38.0 Å². The van der Waals surface area contributed by atoms with Gasteiger partial charge in [0.15, 0.2) is 0 Å². The maximum atomic E-state index is 12.5. The third-order valence-corrected chi connectivity index (χ3v) is 4.54. The van der Waals surface area contributed by atoms with Gasteiger partial charge in [-0.25, -0.2) is 4.98 Å². The van der Waals surface area contributed by atoms with Gasteiger partial charge in [-0.2, -0.15) is 0 Å². The number of carbonyl (C=O) groups is 1. The maximum absolute atomic E-state index is 12.5. The molecule has 1 amide bonds. The van der Waals surface area contributed by atoms with Crippen molar-refractivity contribution in [2.75, 3.05) is 5.73 Å². The number of rotatable bonds is 4. The lowest BCUT2D eigenvalue weighted by Crippen LogP contribution is -2.43. The average Bonchev–Trinajstić information content (AvgIpc) is 2.96. The molecule has 1 unspecified atom stereocenters. The van der Waals surface area contributed by atoms with E-state index in [1.54, 1.807) is 29.7 Å². The first-order valence-electron chi connectivity index (χ1n) is 6.55. The molecule has 4 nitrogen and oxygen atoms in total. The van der Waals surface area contributed by atoms with Crippen molar-refractivity contribution in [3.8, 4) is 0 Å². The van der Waals surface area contributed by atoms with Crippen molar-refractivity contribution in [1.82, 2.24) is 10.3 Å². The number of halogens is 2. The molecular formula is C15H21Cl2N3OS. The maximum Gasteiger partial charge on any atom is 0.252 e. The van der Waals surface area contributed by atoms with Crippen LogP contribution in [0.4, 0.5) is 5.69 Å². The summed E-state index contributed by atoms with van der Waals surface area (Å²) >= 11 is 1.55. The van der Waals surface area contributed by atoms with Crippen LogP contribution in [0.2, 0.25) is 0 Å². The molecule has 0 aliphatic carbocycles. The van der Waals surface area contributed by atoms with Crippen molar-refractivity contribution in [2.45, 2.75) is 32.7 Å². The summed E-state index contributed by atoms with van der Waals surface area (Å²) in [5.41, 5.74) is 7.42. The number of amides is 1. The highest BCUT2D eigenvalue weighted by atomic mass is 35.5. The Balaban J connectivity index is 0.00000220. The lowest BCUT2D eigenvalue weighted by atomic mass is 9.98. The fourth-order valence-electron chi connectivity index (χ4n) is 1.99. The predicted octanol–water partition coefficient (Wildman–Crippen LogP) is 3.93. The zero-order valence-corrected chi connectivity index (χ0v) is 15.2. The number of aromatic nitrogens is 1. The van der Waals surface area contributed by atoms with Crippen molar-refractivity contribution >= 4 is 47.7 Å². The molecular weight excluding hydrogens is 341 g/mol. The number of anilines is 1. The Morgan fingerprint density at radius 3 is 2.64 bits per heavy atom. The van der Waals surface area contributed by atoms with Crippen LogP contribution < -0.4 is 11.1 Å². The molecule has 122 valence electrons. The van der Waals surface area contributed by atoms with Gasteiger partial charge in [0.2, 0.25) is 0 Å². The highest BCUT2D eigenvalue weighted by Crippen LogP contribution is 2.27. The van der Waals surface area contributed by atoms with Gasteiger partial charge in [0.1, 0.15) is 5.01 Å². The number of hydrogen-bond donors (Lipinski definition) is 2. The Kier molecular flexibility index (Phi) is 7.87. The summed E-state index contributed by atoms with van der Waals surface area (Å²) in [5, 5.41) is 5.91. The second-order valence-electron chi connectivity index (χ2n) is 5.05. The minimum absolute atomic E-state index is 0. The summed E-state index contributed by atoms with van der Waals surface area (Å²) in [5.74, 6) is -0.116. The molecule has 0 bridgehead atoms. The van der Waals surface area contributed by atoms with Crippen LogP contribution in [0.15, 0.2) is 29.8 Å². The van der Waals surface area contributed by atoms with E-state index in [9.17, 15) is 4.79 Å². The van der Waals surface area contributed by atoms with Crippen LogP contribution >= 0.6 is 36.2 Å². The quantitative estimate of drug-likeness (QED) is 0.810. The highest BCUT2D eigenvalue weighted by molar-refractivity contribution is 7.09. The van der Waals surface area contributed by atoms with Gasteiger partial charge in [-0.15, -0.1) is 36.2 Å². The molecule has 0 spiro atoms. The summed E-state index contributed by atoms with van der Waals surface area (Å²) in [6, 6.07) is 5.37. The van der Waals surface area contributed by atoms with Gasteiger partial charge in [0.25, 0.3) is 5.91 Å². The second kappa shape index (κ2) is 8.36. The van der Waals surface area contributed by atoms with Crippen LogP contribution in [0.25, 0.3) is 0 Å². The van der Waals surface area contributed by atoms with Crippen LogP contribution in [-0.2, 0) is 5.54 Å². The third kappa shape index (κ3) is 4.35. The molecule has 7 heteroatoms. The normalized spacial score (nSPS) is 12.5. The first-order valence-corrected chi connectivity index (χ1v) is 7.43. The number of nitrogens with two attached hydrogens (primary N) is 1. The number of nitrogens with zero attached hydrogens (tertiary/aromatic N) is 1. The van der Waals surface area contributed by atoms with Crippen LogP contribution in [0.3, 0.4) is 0 Å². The van der Waals surface area contributed by atoms with Gasteiger partial charge < -0.3 is 11.1 Å².